The number of nitrogens with one attached hydrogen (secondary N) is 1. The summed E-state index contributed by atoms with van der Waals surface area (Å²) in [5, 5.41) is 6.11. The fraction of sp³-hybridized carbons (Fsp3) is 0.276. The van der Waals surface area contributed by atoms with Crippen LogP contribution >= 0.6 is 11.3 Å². The van der Waals surface area contributed by atoms with Crippen LogP contribution in [0.25, 0.3) is 10.8 Å². The van der Waals surface area contributed by atoms with Crippen molar-refractivity contribution in [1.29, 1.82) is 0 Å². The first-order chi connectivity index (χ1) is 18.8. The molecule has 0 atom stereocenters. The number of likely N-dealkylation sites (N-methyl/N-ethyl adjacent to an activating group) is 1. The van der Waals surface area contributed by atoms with Gasteiger partial charge >= 0.3 is 6.18 Å². The molecular weight excluding hydrogens is 523 g/mol. The Balaban J connectivity index is 0.000000181. The molecule has 202 valence electrons. The minimum absolute atomic E-state index is 0.0550. The Morgan fingerprint density at radius 1 is 1.05 bits per heavy atom. The molecule has 2 aromatic carbocycles. The maximum absolute atomic E-state index is 13.0. The van der Waals surface area contributed by atoms with Crippen LogP contribution in [-0.2, 0) is 12.7 Å². The third-order valence-corrected chi connectivity index (χ3v) is 7.20. The van der Waals surface area contributed by atoms with Gasteiger partial charge in [-0.05, 0) is 24.6 Å². The van der Waals surface area contributed by atoms with Crippen molar-refractivity contribution in [2.45, 2.75) is 12.7 Å². The summed E-state index contributed by atoms with van der Waals surface area (Å²) in [6.07, 6.45) is 1.44. The first kappa shape index (κ1) is 28.2. The molecule has 0 amide bonds. The topological polar surface area (TPSA) is 61.4 Å². The number of pyridine rings is 1. The molecule has 6 nitrogen and oxygen atoms in total. The van der Waals surface area contributed by atoms with Gasteiger partial charge in [-0.15, -0.1) is 0 Å². The molecule has 0 unspecified atom stereocenters. The Kier molecular flexibility index (Phi) is 9.30. The summed E-state index contributed by atoms with van der Waals surface area (Å²) in [5.74, 6) is 6.31. The summed E-state index contributed by atoms with van der Waals surface area (Å²) >= 11 is 1.54. The quantitative estimate of drug-likeness (QED) is 0.271. The number of hydrogen-bond acceptors (Lipinski definition) is 7. The average molecular weight is 552 g/mol. The standard InChI is InChI=1S/C15H11N3S.C14H17F3N2O/c1-16-15-18-10-13(19-15)7-6-12-9-17-8-11-4-2-3-5-14(11)12;1-18-4-6-19(7-5-18)9-12-3-2-11(10-20)8-13(12)14(15,16)17/h2-5,8-10H,1H3,(H,16,18);2-3,8,10H,4-7,9H2,1H3. The van der Waals surface area contributed by atoms with Gasteiger partial charge in [0.05, 0.1) is 22.2 Å². The fourth-order valence-electron chi connectivity index (χ4n) is 4.11. The van der Waals surface area contributed by atoms with Gasteiger partial charge in [0.25, 0.3) is 0 Å². The van der Waals surface area contributed by atoms with E-state index in [1.54, 1.807) is 23.7 Å². The molecule has 0 spiro atoms. The first-order valence-corrected chi connectivity index (χ1v) is 13.1. The van der Waals surface area contributed by atoms with Crippen LogP contribution in [0, 0.1) is 11.8 Å². The summed E-state index contributed by atoms with van der Waals surface area (Å²) in [4.78, 5) is 24.2. The molecule has 10 heteroatoms. The third kappa shape index (κ3) is 7.63. The molecule has 0 bridgehead atoms. The van der Waals surface area contributed by atoms with Gasteiger partial charge < -0.3 is 10.2 Å². The monoisotopic (exact) mass is 551 g/mol. The Morgan fingerprint density at radius 2 is 1.82 bits per heavy atom. The van der Waals surface area contributed by atoms with E-state index in [0.29, 0.717) is 6.29 Å². The molecule has 4 aromatic rings. The van der Waals surface area contributed by atoms with E-state index in [4.69, 9.17) is 0 Å². The van der Waals surface area contributed by atoms with Crippen molar-refractivity contribution in [3.63, 3.8) is 0 Å². The number of benzene rings is 2. The summed E-state index contributed by atoms with van der Waals surface area (Å²) in [7, 11) is 3.85. The zero-order chi connectivity index (χ0) is 27.8. The Bertz CT molecular complexity index is 1480. The van der Waals surface area contributed by atoms with Crippen molar-refractivity contribution in [2.75, 3.05) is 45.6 Å². The lowest BCUT2D eigenvalue weighted by Crippen LogP contribution is -2.44. The first-order valence-electron chi connectivity index (χ1n) is 12.3. The van der Waals surface area contributed by atoms with Crippen molar-refractivity contribution >= 4 is 33.5 Å². The SMILES string of the molecule is CN1CCN(Cc2ccc(C=O)cc2C(F)(F)F)CC1.CNc1ncc(C#Cc2cncc3ccccc23)s1. The molecule has 1 saturated heterocycles. The van der Waals surface area contributed by atoms with Gasteiger partial charge in [-0.1, -0.05) is 53.7 Å². The van der Waals surface area contributed by atoms with Gasteiger partial charge in [0.1, 0.15) is 6.29 Å². The highest BCUT2D eigenvalue weighted by atomic mass is 32.1. The predicted octanol–water partition coefficient (Wildman–Crippen LogP) is 5.40. The van der Waals surface area contributed by atoms with Gasteiger partial charge in [0.2, 0.25) is 0 Å². The van der Waals surface area contributed by atoms with Crippen molar-refractivity contribution < 1.29 is 18.0 Å². The largest absolute Gasteiger partial charge is 0.416 e. The number of fused-ring (bicyclic) bond motifs is 1. The Morgan fingerprint density at radius 3 is 2.51 bits per heavy atom. The molecule has 0 radical (unpaired) electrons. The van der Waals surface area contributed by atoms with E-state index in [0.717, 1.165) is 58.6 Å². The van der Waals surface area contributed by atoms with Gasteiger partial charge in [0.15, 0.2) is 5.13 Å². The van der Waals surface area contributed by atoms with E-state index in [1.807, 2.05) is 43.4 Å². The third-order valence-electron chi connectivity index (χ3n) is 6.27. The molecule has 0 saturated carbocycles. The molecule has 5 rings (SSSR count). The number of carbonyl (C=O) groups excluding carboxylic acids is 1. The number of alkyl halides is 3. The molecule has 1 N–H and O–H groups in total. The molecule has 0 aliphatic carbocycles. The van der Waals surface area contributed by atoms with Gasteiger partial charge in [-0.2, -0.15) is 13.2 Å². The van der Waals surface area contributed by atoms with Crippen LogP contribution in [0.5, 0.6) is 0 Å². The van der Waals surface area contributed by atoms with E-state index < -0.39 is 11.7 Å². The maximum atomic E-state index is 13.0. The summed E-state index contributed by atoms with van der Waals surface area (Å²) in [5.41, 5.74) is 0.519. The number of rotatable bonds is 4. The summed E-state index contributed by atoms with van der Waals surface area (Å²) in [6, 6.07) is 11.9. The Labute approximate surface area is 229 Å². The molecule has 1 aliphatic rings. The second-order valence-corrected chi connectivity index (χ2v) is 10.1. The molecule has 1 aliphatic heterocycles. The fourth-order valence-corrected chi connectivity index (χ4v) is 4.73. The van der Waals surface area contributed by atoms with Crippen LogP contribution in [0.1, 0.15) is 31.9 Å². The van der Waals surface area contributed by atoms with Crippen LogP contribution in [0.2, 0.25) is 0 Å². The number of carbonyl (C=O) groups is 1. The highest BCUT2D eigenvalue weighted by Gasteiger charge is 2.34. The minimum atomic E-state index is -4.43. The maximum Gasteiger partial charge on any atom is 0.416 e. The predicted molar refractivity (Wildman–Crippen MR) is 149 cm³/mol. The normalized spacial score (nSPS) is 14.2. The van der Waals surface area contributed by atoms with E-state index >= 15 is 0 Å². The molecule has 2 aromatic heterocycles. The summed E-state index contributed by atoms with van der Waals surface area (Å²) < 4.78 is 39.1. The second-order valence-electron chi connectivity index (χ2n) is 9.05. The number of nitrogens with zero attached hydrogens (tertiary/aromatic N) is 4. The van der Waals surface area contributed by atoms with Crippen molar-refractivity contribution in [1.82, 2.24) is 19.8 Å². The lowest BCUT2D eigenvalue weighted by molar-refractivity contribution is -0.138. The second kappa shape index (κ2) is 12.8. The van der Waals surface area contributed by atoms with Crippen LogP contribution in [0.3, 0.4) is 0 Å². The molecular formula is C29H28F3N5OS. The smallest absolute Gasteiger partial charge is 0.365 e. The molecule has 39 heavy (non-hydrogen) atoms. The van der Waals surface area contributed by atoms with Crippen LogP contribution in [0.15, 0.2) is 61.1 Å². The number of aromatic nitrogens is 2. The van der Waals surface area contributed by atoms with E-state index in [1.165, 1.54) is 12.1 Å². The minimum Gasteiger partial charge on any atom is -0.365 e. The highest BCUT2D eigenvalue weighted by Crippen LogP contribution is 2.33. The molecule has 1 fully saturated rings. The lowest BCUT2D eigenvalue weighted by atomic mass is 10.0. The van der Waals surface area contributed by atoms with Gasteiger partial charge in [0, 0.05) is 68.5 Å². The van der Waals surface area contributed by atoms with Crippen LogP contribution in [0.4, 0.5) is 18.3 Å². The van der Waals surface area contributed by atoms with Crippen molar-refractivity contribution in [2.24, 2.45) is 0 Å². The van der Waals surface area contributed by atoms with Crippen molar-refractivity contribution in [3.05, 3.63) is 88.2 Å². The van der Waals surface area contributed by atoms with E-state index in [9.17, 15) is 18.0 Å². The number of anilines is 1. The number of aldehydes is 1. The van der Waals surface area contributed by atoms with Gasteiger partial charge in [-0.25, -0.2) is 4.98 Å². The van der Waals surface area contributed by atoms with E-state index in [-0.39, 0.29) is 17.7 Å². The summed E-state index contributed by atoms with van der Waals surface area (Å²) in [6.45, 7) is 3.48. The number of halogens is 3. The number of hydrogen-bond donors (Lipinski definition) is 1. The van der Waals surface area contributed by atoms with Crippen molar-refractivity contribution in [3.8, 4) is 11.8 Å². The number of thiazole rings is 1. The molecule has 3 heterocycles. The van der Waals surface area contributed by atoms with Gasteiger partial charge in [-0.3, -0.25) is 14.7 Å². The van der Waals surface area contributed by atoms with Crippen LogP contribution < -0.4 is 5.32 Å². The average Bonchev–Trinajstić information content (AvgIpc) is 3.41. The number of piperazine rings is 1. The zero-order valence-corrected chi connectivity index (χ0v) is 22.4. The highest BCUT2D eigenvalue weighted by molar-refractivity contribution is 7.16. The Hall–Kier alpha value is -3.78. The van der Waals surface area contributed by atoms with E-state index in [2.05, 4.69) is 38.1 Å². The van der Waals surface area contributed by atoms with Crippen LogP contribution in [-0.4, -0.2) is 66.3 Å². The zero-order valence-electron chi connectivity index (χ0n) is 21.6. The lowest BCUT2D eigenvalue weighted by Gasteiger charge is -2.32.